The van der Waals surface area contributed by atoms with Gasteiger partial charge in [0.15, 0.2) is 0 Å². The highest BCUT2D eigenvalue weighted by atomic mass is 32.1. The third-order valence-electron chi connectivity index (χ3n) is 2.41. The summed E-state index contributed by atoms with van der Waals surface area (Å²) in [5.74, 6) is 0. The van der Waals surface area contributed by atoms with Crippen molar-refractivity contribution in [1.29, 1.82) is 0 Å². The molecule has 2 rings (SSSR count). The summed E-state index contributed by atoms with van der Waals surface area (Å²) < 4.78 is 25.2. The summed E-state index contributed by atoms with van der Waals surface area (Å²) in [6.07, 6.45) is -1.68. The van der Waals surface area contributed by atoms with Crippen molar-refractivity contribution in [1.82, 2.24) is 4.98 Å². The fourth-order valence-electron chi connectivity index (χ4n) is 1.56. The first-order valence-electron chi connectivity index (χ1n) is 5.25. The largest absolute Gasteiger partial charge is 0.389 e. The predicted octanol–water partition coefficient (Wildman–Crippen LogP) is 3.89. The van der Waals surface area contributed by atoms with Crippen LogP contribution in [0.1, 0.15) is 23.9 Å². The molecule has 0 fully saturated rings. The number of aromatic nitrogens is 1. The highest BCUT2D eigenvalue weighted by Crippen LogP contribution is 2.32. The Kier molecular flexibility index (Phi) is 3.38. The zero-order chi connectivity index (χ0) is 12.4. The normalized spacial score (nSPS) is 11.1. The molecule has 0 radical (unpaired) electrons. The topological polar surface area (TPSA) is 38.9 Å². The maximum absolute atomic E-state index is 12.6. The minimum Gasteiger partial charge on any atom is -0.389 e. The van der Waals surface area contributed by atoms with Gasteiger partial charge >= 0.3 is 0 Å². The average molecular weight is 254 g/mol. The number of nitrogens with zero attached hydrogens (tertiary/aromatic N) is 1. The van der Waals surface area contributed by atoms with Gasteiger partial charge < -0.3 is 5.73 Å². The second-order valence-corrected chi connectivity index (χ2v) is 4.72. The van der Waals surface area contributed by atoms with E-state index in [4.69, 9.17) is 5.73 Å². The molecule has 0 saturated carbocycles. The Morgan fingerprint density at radius 1 is 1.41 bits per heavy atom. The van der Waals surface area contributed by atoms with Gasteiger partial charge in [0.05, 0.1) is 5.01 Å². The molecule has 0 amide bonds. The fourth-order valence-corrected chi connectivity index (χ4v) is 2.35. The second-order valence-electron chi connectivity index (χ2n) is 3.60. The van der Waals surface area contributed by atoms with E-state index < -0.39 is 6.43 Å². The van der Waals surface area contributed by atoms with E-state index in [1.165, 1.54) is 23.5 Å². The zero-order valence-electron chi connectivity index (χ0n) is 9.28. The number of rotatable bonds is 3. The Morgan fingerprint density at radius 3 is 2.76 bits per heavy atom. The fraction of sp³-hybridized carbons (Fsp3) is 0.250. The molecule has 5 heteroatoms. The van der Waals surface area contributed by atoms with Crippen LogP contribution in [-0.2, 0) is 6.42 Å². The third-order valence-corrected chi connectivity index (χ3v) is 3.44. The van der Waals surface area contributed by atoms with Gasteiger partial charge in [-0.3, -0.25) is 0 Å². The van der Waals surface area contributed by atoms with Gasteiger partial charge in [0.25, 0.3) is 6.43 Å². The SMILES string of the molecule is CCc1nc(-c2cccc(C(F)F)c2)c(N)s1. The predicted molar refractivity (Wildman–Crippen MR) is 66.3 cm³/mol. The first-order valence-corrected chi connectivity index (χ1v) is 6.07. The van der Waals surface area contributed by atoms with E-state index in [9.17, 15) is 8.78 Å². The van der Waals surface area contributed by atoms with Crippen LogP contribution in [0.5, 0.6) is 0 Å². The minimum atomic E-state index is -2.47. The number of hydrogen-bond donors (Lipinski definition) is 1. The number of anilines is 1. The first-order chi connectivity index (χ1) is 8.11. The maximum atomic E-state index is 12.6. The molecule has 0 bridgehead atoms. The van der Waals surface area contributed by atoms with Crippen molar-refractivity contribution < 1.29 is 8.78 Å². The van der Waals surface area contributed by atoms with Gasteiger partial charge in [-0.05, 0) is 12.5 Å². The van der Waals surface area contributed by atoms with E-state index in [2.05, 4.69) is 4.98 Å². The van der Waals surface area contributed by atoms with E-state index in [-0.39, 0.29) is 5.56 Å². The molecule has 17 heavy (non-hydrogen) atoms. The van der Waals surface area contributed by atoms with Crippen molar-refractivity contribution in [3.8, 4) is 11.3 Å². The summed E-state index contributed by atoms with van der Waals surface area (Å²) in [5.41, 5.74) is 7.09. The van der Waals surface area contributed by atoms with Crippen LogP contribution in [0.2, 0.25) is 0 Å². The summed E-state index contributed by atoms with van der Waals surface area (Å²) >= 11 is 1.40. The van der Waals surface area contributed by atoms with Crippen molar-refractivity contribution in [2.75, 3.05) is 5.73 Å². The lowest BCUT2D eigenvalue weighted by molar-refractivity contribution is 0.151. The van der Waals surface area contributed by atoms with Gasteiger partial charge in [-0.2, -0.15) is 0 Å². The maximum Gasteiger partial charge on any atom is 0.263 e. The van der Waals surface area contributed by atoms with E-state index >= 15 is 0 Å². The molecular formula is C12H12F2N2S. The molecule has 1 heterocycles. The number of halogens is 2. The van der Waals surface area contributed by atoms with Gasteiger partial charge in [0.1, 0.15) is 10.7 Å². The molecule has 0 atom stereocenters. The lowest BCUT2D eigenvalue weighted by Gasteiger charge is -2.02. The van der Waals surface area contributed by atoms with Gasteiger partial charge in [-0.1, -0.05) is 25.1 Å². The standard InChI is InChI=1S/C12H12F2N2S/c1-2-9-16-10(12(15)17-9)7-4-3-5-8(6-7)11(13)14/h3-6,11H,2,15H2,1H3. The van der Waals surface area contributed by atoms with E-state index in [1.54, 1.807) is 12.1 Å². The molecule has 90 valence electrons. The van der Waals surface area contributed by atoms with Crippen LogP contribution in [-0.4, -0.2) is 4.98 Å². The monoisotopic (exact) mass is 254 g/mol. The number of aryl methyl sites for hydroxylation is 1. The quantitative estimate of drug-likeness (QED) is 0.902. The van der Waals surface area contributed by atoms with Crippen molar-refractivity contribution in [2.24, 2.45) is 0 Å². The van der Waals surface area contributed by atoms with E-state index in [0.29, 0.717) is 16.3 Å². The van der Waals surface area contributed by atoms with Crippen LogP contribution in [0.15, 0.2) is 24.3 Å². The first kappa shape index (κ1) is 12.0. The lowest BCUT2D eigenvalue weighted by atomic mass is 10.1. The molecule has 0 aliphatic carbocycles. The summed E-state index contributed by atoms with van der Waals surface area (Å²) in [4.78, 5) is 4.35. The molecular weight excluding hydrogens is 242 g/mol. The Hall–Kier alpha value is -1.49. The van der Waals surface area contributed by atoms with Crippen LogP contribution in [0.4, 0.5) is 13.8 Å². The second kappa shape index (κ2) is 4.79. The van der Waals surface area contributed by atoms with Crippen molar-refractivity contribution in [3.05, 3.63) is 34.8 Å². The Labute approximate surface area is 102 Å². The minimum absolute atomic E-state index is 0.00653. The van der Waals surface area contributed by atoms with E-state index in [1.807, 2.05) is 6.92 Å². The summed E-state index contributed by atoms with van der Waals surface area (Å²) in [7, 11) is 0. The van der Waals surface area contributed by atoms with Crippen molar-refractivity contribution in [3.63, 3.8) is 0 Å². The molecule has 0 unspecified atom stereocenters. The molecule has 1 aromatic carbocycles. The van der Waals surface area contributed by atoms with Crippen molar-refractivity contribution >= 4 is 16.3 Å². The molecule has 2 N–H and O–H groups in total. The molecule has 0 saturated heterocycles. The van der Waals surface area contributed by atoms with Gasteiger partial charge in [-0.15, -0.1) is 11.3 Å². The molecule has 0 spiro atoms. The van der Waals surface area contributed by atoms with Crippen LogP contribution >= 0.6 is 11.3 Å². The van der Waals surface area contributed by atoms with Gasteiger partial charge in [0.2, 0.25) is 0 Å². The highest BCUT2D eigenvalue weighted by molar-refractivity contribution is 7.16. The number of benzene rings is 1. The van der Waals surface area contributed by atoms with Crippen LogP contribution < -0.4 is 5.73 Å². The number of thiazole rings is 1. The lowest BCUT2D eigenvalue weighted by Crippen LogP contribution is -1.89. The third kappa shape index (κ3) is 2.44. The Bertz CT molecular complexity index is 523. The van der Waals surface area contributed by atoms with Gasteiger partial charge in [-0.25, -0.2) is 13.8 Å². The molecule has 0 aliphatic rings. The molecule has 0 aliphatic heterocycles. The summed E-state index contributed by atoms with van der Waals surface area (Å²) in [6.45, 7) is 1.98. The average Bonchev–Trinajstić information content (AvgIpc) is 2.71. The van der Waals surface area contributed by atoms with E-state index in [0.717, 1.165) is 11.4 Å². The number of alkyl halides is 2. The number of nitrogens with two attached hydrogens (primary N) is 1. The summed E-state index contributed by atoms with van der Waals surface area (Å²) in [5, 5.41) is 1.49. The Morgan fingerprint density at radius 2 is 2.18 bits per heavy atom. The van der Waals surface area contributed by atoms with Crippen LogP contribution in [0.3, 0.4) is 0 Å². The zero-order valence-corrected chi connectivity index (χ0v) is 10.1. The van der Waals surface area contributed by atoms with Crippen LogP contribution in [0.25, 0.3) is 11.3 Å². The smallest absolute Gasteiger partial charge is 0.263 e. The Balaban J connectivity index is 2.45. The van der Waals surface area contributed by atoms with Gasteiger partial charge in [0, 0.05) is 11.1 Å². The molecule has 2 aromatic rings. The molecule has 2 nitrogen and oxygen atoms in total. The molecule has 1 aromatic heterocycles. The highest BCUT2D eigenvalue weighted by Gasteiger charge is 2.12. The van der Waals surface area contributed by atoms with Crippen LogP contribution in [0, 0.1) is 0 Å². The number of nitrogen functional groups attached to an aromatic ring is 1. The summed E-state index contributed by atoms with van der Waals surface area (Å²) in [6, 6.07) is 6.19. The van der Waals surface area contributed by atoms with Crippen molar-refractivity contribution in [2.45, 2.75) is 19.8 Å². The number of hydrogen-bond acceptors (Lipinski definition) is 3.